The van der Waals surface area contributed by atoms with Gasteiger partial charge in [-0.3, -0.25) is 4.79 Å². The molecule has 0 saturated heterocycles. The minimum absolute atomic E-state index is 0.231. The predicted octanol–water partition coefficient (Wildman–Crippen LogP) is 4.48. The third-order valence-corrected chi connectivity index (χ3v) is 3.61. The molecule has 1 atom stereocenters. The lowest BCUT2D eigenvalue weighted by Gasteiger charge is -2.10. The van der Waals surface area contributed by atoms with Crippen molar-refractivity contribution in [3.8, 4) is 6.07 Å². The Balaban J connectivity index is 2.20. The summed E-state index contributed by atoms with van der Waals surface area (Å²) < 4.78 is 1.02. The van der Waals surface area contributed by atoms with Gasteiger partial charge in [-0.15, -0.1) is 0 Å². The monoisotopic (exact) mass is 330 g/mol. The van der Waals surface area contributed by atoms with Crippen molar-refractivity contribution in [3.05, 3.63) is 40.9 Å². The fraction of sp³-hybridized carbons (Fsp3) is 0.250. The maximum absolute atomic E-state index is 12.0. The maximum atomic E-state index is 12.0. The Morgan fingerprint density at radius 1 is 1.30 bits per heavy atom. The van der Waals surface area contributed by atoms with E-state index >= 15 is 0 Å². The van der Waals surface area contributed by atoms with E-state index in [2.05, 4.69) is 21.2 Å². The van der Waals surface area contributed by atoms with Crippen molar-refractivity contribution in [1.82, 2.24) is 0 Å². The third-order valence-electron chi connectivity index (χ3n) is 3.12. The summed E-state index contributed by atoms with van der Waals surface area (Å²) in [6.07, 6.45) is 1.40. The second-order valence-electron chi connectivity index (χ2n) is 4.67. The Kier molecular flexibility index (Phi) is 4.75. The van der Waals surface area contributed by atoms with E-state index in [1.165, 1.54) is 0 Å². The summed E-state index contributed by atoms with van der Waals surface area (Å²) in [5, 5.41) is 14.0. The number of hydrogen-bond donors (Lipinski definition) is 1. The van der Waals surface area contributed by atoms with Crippen molar-refractivity contribution in [3.63, 3.8) is 0 Å². The first-order valence-corrected chi connectivity index (χ1v) is 7.33. The highest BCUT2D eigenvalue weighted by molar-refractivity contribution is 9.10. The number of nitrogens with one attached hydrogen (secondary N) is 1. The number of carbonyl (C=O) groups excluding carboxylic acids is 1. The summed E-state index contributed by atoms with van der Waals surface area (Å²) in [5.41, 5.74) is 0.723. The molecule has 0 aliphatic rings. The van der Waals surface area contributed by atoms with Crippen LogP contribution in [0.15, 0.2) is 40.9 Å². The zero-order valence-corrected chi connectivity index (χ0v) is 12.8. The number of fused-ring (bicyclic) bond motifs is 1. The Morgan fingerprint density at radius 2 is 2.00 bits per heavy atom. The van der Waals surface area contributed by atoms with Crippen molar-refractivity contribution >= 4 is 38.3 Å². The van der Waals surface area contributed by atoms with E-state index < -0.39 is 5.92 Å². The van der Waals surface area contributed by atoms with Gasteiger partial charge in [0, 0.05) is 10.2 Å². The van der Waals surface area contributed by atoms with Crippen molar-refractivity contribution in [1.29, 1.82) is 5.26 Å². The summed E-state index contributed by atoms with van der Waals surface area (Å²) in [6.45, 7) is 1.96. The molecule has 0 fully saturated rings. The van der Waals surface area contributed by atoms with Gasteiger partial charge in [0.2, 0.25) is 5.91 Å². The van der Waals surface area contributed by atoms with Gasteiger partial charge in [-0.05, 0) is 41.5 Å². The van der Waals surface area contributed by atoms with Crippen LogP contribution in [0.2, 0.25) is 0 Å². The maximum Gasteiger partial charge on any atom is 0.241 e. The van der Waals surface area contributed by atoms with Crippen LogP contribution in [-0.2, 0) is 4.79 Å². The Morgan fingerprint density at radius 3 is 2.70 bits per heavy atom. The van der Waals surface area contributed by atoms with Gasteiger partial charge in [0.1, 0.15) is 5.92 Å². The predicted molar refractivity (Wildman–Crippen MR) is 84.3 cm³/mol. The second-order valence-corrected chi connectivity index (χ2v) is 5.58. The molecular weight excluding hydrogens is 316 g/mol. The number of rotatable bonds is 4. The molecule has 1 unspecified atom stereocenters. The van der Waals surface area contributed by atoms with Gasteiger partial charge in [0.05, 0.1) is 6.07 Å². The number of benzene rings is 2. The van der Waals surface area contributed by atoms with Crippen LogP contribution in [-0.4, -0.2) is 5.91 Å². The molecule has 0 spiro atoms. The quantitative estimate of drug-likeness (QED) is 0.898. The van der Waals surface area contributed by atoms with Crippen molar-refractivity contribution in [2.24, 2.45) is 5.92 Å². The molecule has 2 aromatic rings. The van der Waals surface area contributed by atoms with Gasteiger partial charge in [-0.2, -0.15) is 5.26 Å². The molecule has 2 aromatic carbocycles. The number of carbonyl (C=O) groups is 1. The lowest BCUT2D eigenvalue weighted by molar-refractivity contribution is -0.118. The number of nitrogens with zero attached hydrogens (tertiary/aromatic N) is 1. The minimum atomic E-state index is -0.583. The Hall–Kier alpha value is -1.86. The first kappa shape index (κ1) is 14.5. The van der Waals surface area contributed by atoms with Gasteiger partial charge in [-0.1, -0.05) is 41.4 Å². The summed E-state index contributed by atoms with van der Waals surface area (Å²) in [7, 11) is 0. The van der Waals surface area contributed by atoms with Crippen LogP contribution in [0.25, 0.3) is 10.8 Å². The Bertz CT molecular complexity index is 676. The van der Waals surface area contributed by atoms with Crippen LogP contribution >= 0.6 is 15.9 Å². The number of amides is 1. The molecule has 0 bridgehead atoms. The van der Waals surface area contributed by atoms with Crippen molar-refractivity contribution in [2.45, 2.75) is 19.8 Å². The van der Waals surface area contributed by atoms with Crippen LogP contribution < -0.4 is 5.32 Å². The molecular formula is C16H15BrN2O. The average molecular weight is 331 g/mol. The zero-order valence-electron chi connectivity index (χ0n) is 11.2. The fourth-order valence-corrected chi connectivity index (χ4v) is 2.45. The molecule has 1 amide bonds. The molecule has 4 heteroatoms. The molecule has 102 valence electrons. The van der Waals surface area contributed by atoms with E-state index in [1.807, 2.05) is 49.4 Å². The molecule has 2 rings (SSSR count). The molecule has 20 heavy (non-hydrogen) atoms. The van der Waals surface area contributed by atoms with Gasteiger partial charge in [0.25, 0.3) is 0 Å². The van der Waals surface area contributed by atoms with Crippen LogP contribution in [0.3, 0.4) is 0 Å². The lowest BCUT2D eigenvalue weighted by atomic mass is 10.0. The first-order chi connectivity index (χ1) is 9.63. The summed E-state index contributed by atoms with van der Waals surface area (Å²) >= 11 is 3.43. The molecule has 1 N–H and O–H groups in total. The van der Waals surface area contributed by atoms with Gasteiger partial charge >= 0.3 is 0 Å². The van der Waals surface area contributed by atoms with Crippen molar-refractivity contribution < 1.29 is 4.79 Å². The normalized spacial score (nSPS) is 11.8. The lowest BCUT2D eigenvalue weighted by Crippen LogP contribution is -2.21. The van der Waals surface area contributed by atoms with Crippen LogP contribution in [0.4, 0.5) is 5.69 Å². The molecule has 0 heterocycles. The summed E-state index contributed by atoms with van der Waals surface area (Å²) in [5.74, 6) is -0.813. The van der Waals surface area contributed by atoms with E-state index in [0.717, 1.165) is 27.4 Å². The van der Waals surface area contributed by atoms with E-state index in [1.54, 1.807) is 0 Å². The molecule has 0 aliphatic carbocycles. The van der Waals surface area contributed by atoms with Crippen molar-refractivity contribution in [2.75, 3.05) is 5.32 Å². The topological polar surface area (TPSA) is 52.9 Å². The second kappa shape index (κ2) is 6.53. The van der Waals surface area contributed by atoms with Gasteiger partial charge in [-0.25, -0.2) is 0 Å². The minimum Gasteiger partial charge on any atom is -0.325 e. The standard InChI is InChI=1S/C16H15BrN2O/c1-2-3-13(10-18)16(20)19-15-7-5-11-8-14(17)6-4-12(11)9-15/h4-9,13H,2-3H2,1H3,(H,19,20). The first-order valence-electron chi connectivity index (χ1n) is 6.54. The van der Waals surface area contributed by atoms with E-state index in [4.69, 9.17) is 5.26 Å². The number of anilines is 1. The van der Waals surface area contributed by atoms with E-state index in [9.17, 15) is 4.79 Å². The average Bonchev–Trinajstić information content (AvgIpc) is 2.44. The molecule has 0 radical (unpaired) electrons. The summed E-state index contributed by atoms with van der Waals surface area (Å²) in [6, 6.07) is 13.7. The zero-order chi connectivity index (χ0) is 14.5. The summed E-state index contributed by atoms with van der Waals surface area (Å²) in [4.78, 5) is 12.0. The third kappa shape index (κ3) is 3.37. The SMILES string of the molecule is CCCC(C#N)C(=O)Nc1ccc2cc(Br)ccc2c1. The largest absolute Gasteiger partial charge is 0.325 e. The highest BCUT2D eigenvalue weighted by Gasteiger charge is 2.16. The molecule has 0 saturated carbocycles. The highest BCUT2D eigenvalue weighted by Crippen LogP contribution is 2.23. The van der Waals surface area contributed by atoms with Gasteiger partial charge < -0.3 is 5.32 Å². The smallest absolute Gasteiger partial charge is 0.241 e. The fourth-order valence-electron chi connectivity index (χ4n) is 2.07. The van der Waals surface area contributed by atoms with Crippen LogP contribution in [0, 0.1) is 17.2 Å². The van der Waals surface area contributed by atoms with Gasteiger partial charge in [0.15, 0.2) is 0 Å². The Labute approximate surface area is 126 Å². The number of nitriles is 1. The molecule has 0 aromatic heterocycles. The van der Waals surface area contributed by atoms with E-state index in [-0.39, 0.29) is 5.91 Å². The molecule has 0 aliphatic heterocycles. The van der Waals surface area contributed by atoms with E-state index in [0.29, 0.717) is 6.42 Å². The highest BCUT2D eigenvalue weighted by atomic mass is 79.9. The number of halogens is 1. The number of hydrogen-bond acceptors (Lipinski definition) is 2. The molecule has 3 nitrogen and oxygen atoms in total. The van der Waals surface area contributed by atoms with Crippen LogP contribution in [0.1, 0.15) is 19.8 Å². The van der Waals surface area contributed by atoms with Crippen LogP contribution in [0.5, 0.6) is 0 Å².